The fourth-order valence-electron chi connectivity index (χ4n) is 0.785. The van der Waals surface area contributed by atoms with Crippen LogP contribution in [0.3, 0.4) is 0 Å². The molecule has 0 aromatic carbocycles. The Bertz CT molecular complexity index is 193. The van der Waals surface area contributed by atoms with Gasteiger partial charge in [0.2, 0.25) is 0 Å². The Kier molecular flexibility index (Phi) is 2.06. The molecule has 0 unspecified atom stereocenters. The third kappa shape index (κ3) is 1.66. The van der Waals surface area contributed by atoms with Gasteiger partial charge in [-0.05, 0) is 0 Å². The number of carbonyl (C=O) groups excluding carboxylic acids is 1. The van der Waals surface area contributed by atoms with Gasteiger partial charge in [0, 0.05) is 0 Å². The zero-order valence-electron chi connectivity index (χ0n) is 5.61. The molecule has 1 amide bonds. The maximum absolute atomic E-state index is 10.6. The lowest BCUT2D eigenvalue weighted by Gasteiger charge is -2.06. The van der Waals surface area contributed by atoms with Gasteiger partial charge in [-0.2, -0.15) is 0 Å². The first-order chi connectivity index (χ1) is 5.11. The van der Waals surface area contributed by atoms with Gasteiger partial charge in [0.1, 0.15) is 12.1 Å². The smallest absolute Gasteiger partial charge is 0.306 e. The molecule has 0 aromatic heterocycles. The van der Waals surface area contributed by atoms with Gasteiger partial charge >= 0.3 is 5.97 Å². The van der Waals surface area contributed by atoms with Crippen molar-refractivity contribution in [2.45, 2.75) is 18.6 Å². The third-order valence-electron chi connectivity index (χ3n) is 1.39. The van der Waals surface area contributed by atoms with Crippen molar-refractivity contribution in [2.75, 3.05) is 0 Å². The van der Waals surface area contributed by atoms with E-state index in [1.807, 2.05) is 5.48 Å². The summed E-state index contributed by atoms with van der Waals surface area (Å²) in [6.07, 6.45) is -1.01. The standard InChI is InChI=1S/C5H8N2O4/c6-4-2(1-3(8)9)11-7-5(4)10/h2,4H,1,6H2,(H,7,10)(H,8,9)/t2-,4+/m0/s1. The van der Waals surface area contributed by atoms with E-state index in [1.54, 1.807) is 0 Å². The van der Waals surface area contributed by atoms with E-state index in [2.05, 4.69) is 4.84 Å². The molecule has 2 atom stereocenters. The highest BCUT2D eigenvalue weighted by molar-refractivity contribution is 5.83. The van der Waals surface area contributed by atoms with E-state index < -0.39 is 24.0 Å². The number of rotatable bonds is 2. The number of carboxylic acids is 1. The Hall–Kier alpha value is -1.14. The largest absolute Gasteiger partial charge is 0.481 e. The van der Waals surface area contributed by atoms with Gasteiger partial charge in [-0.15, -0.1) is 0 Å². The van der Waals surface area contributed by atoms with E-state index in [1.165, 1.54) is 0 Å². The molecule has 0 aromatic rings. The van der Waals surface area contributed by atoms with Gasteiger partial charge in [-0.25, -0.2) is 5.48 Å². The minimum atomic E-state index is -1.04. The average Bonchev–Trinajstić information content (AvgIpc) is 2.18. The number of nitrogens with two attached hydrogens (primary N) is 1. The van der Waals surface area contributed by atoms with Gasteiger partial charge in [0.25, 0.3) is 5.91 Å². The van der Waals surface area contributed by atoms with Gasteiger partial charge in [-0.1, -0.05) is 0 Å². The number of aliphatic carboxylic acids is 1. The lowest BCUT2D eigenvalue weighted by atomic mass is 10.1. The number of hydroxylamine groups is 1. The molecule has 0 bridgehead atoms. The Morgan fingerprint density at radius 1 is 1.82 bits per heavy atom. The van der Waals surface area contributed by atoms with Crippen molar-refractivity contribution in [3.05, 3.63) is 0 Å². The lowest BCUT2D eigenvalue weighted by molar-refractivity contribution is -0.140. The van der Waals surface area contributed by atoms with Crippen molar-refractivity contribution in [2.24, 2.45) is 5.73 Å². The van der Waals surface area contributed by atoms with E-state index in [0.717, 1.165) is 0 Å². The second kappa shape index (κ2) is 2.85. The second-order valence-electron chi connectivity index (χ2n) is 2.25. The minimum Gasteiger partial charge on any atom is -0.481 e. The molecule has 62 valence electrons. The first-order valence-corrected chi connectivity index (χ1v) is 3.04. The van der Waals surface area contributed by atoms with Crippen LogP contribution in [0.1, 0.15) is 6.42 Å². The number of carboxylic acid groups (broad SMARTS) is 1. The highest BCUT2D eigenvalue weighted by atomic mass is 16.7. The number of hydrogen-bond donors (Lipinski definition) is 3. The van der Waals surface area contributed by atoms with E-state index in [4.69, 9.17) is 10.8 Å². The molecule has 11 heavy (non-hydrogen) atoms. The molecule has 0 saturated carbocycles. The van der Waals surface area contributed by atoms with E-state index >= 15 is 0 Å². The first-order valence-electron chi connectivity index (χ1n) is 3.04. The van der Waals surface area contributed by atoms with E-state index in [0.29, 0.717) is 0 Å². The topological polar surface area (TPSA) is 102 Å². The van der Waals surface area contributed by atoms with Crippen molar-refractivity contribution in [3.63, 3.8) is 0 Å². The van der Waals surface area contributed by atoms with Crippen LogP contribution in [0, 0.1) is 0 Å². The fraction of sp³-hybridized carbons (Fsp3) is 0.600. The summed E-state index contributed by atoms with van der Waals surface area (Å²) in [5.74, 6) is -1.52. The number of nitrogens with one attached hydrogen (secondary N) is 1. The predicted octanol–water partition coefficient (Wildman–Crippen LogP) is -1.78. The molecule has 1 saturated heterocycles. The van der Waals surface area contributed by atoms with Crippen LogP contribution in [0.15, 0.2) is 0 Å². The highest BCUT2D eigenvalue weighted by Crippen LogP contribution is 2.07. The molecule has 1 aliphatic rings. The van der Waals surface area contributed by atoms with Crippen molar-refractivity contribution >= 4 is 11.9 Å². The summed E-state index contributed by atoms with van der Waals surface area (Å²) >= 11 is 0. The molecule has 4 N–H and O–H groups in total. The molecule has 1 fully saturated rings. The molecular weight excluding hydrogens is 152 g/mol. The average molecular weight is 160 g/mol. The Balaban J connectivity index is 2.48. The maximum atomic E-state index is 10.6. The van der Waals surface area contributed by atoms with Gasteiger partial charge < -0.3 is 10.8 Å². The molecule has 6 nitrogen and oxygen atoms in total. The van der Waals surface area contributed by atoms with Crippen LogP contribution in [0.25, 0.3) is 0 Å². The number of amides is 1. The second-order valence-corrected chi connectivity index (χ2v) is 2.25. The predicted molar refractivity (Wildman–Crippen MR) is 33.2 cm³/mol. The van der Waals surface area contributed by atoms with Crippen molar-refractivity contribution < 1.29 is 19.5 Å². The molecule has 1 aliphatic heterocycles. The highest BCUT2D eigenvalue weighted by Gasteiger charge is 2.34. The Morgan fingerprint density at radius 3 is 2.82 bits per heavy atom. The monoisotopic (exact) mass is 160 g/mol. The van der Waals surface area contributed by atoms with Crippen LogP contribution in [0.4, 0.5) is 0 Å². The van der Waals surface area contributed by atoms with Gasteiger partial charge in [0.05, 0.1) is 6.42 Å². The molecule has 1 rings (SSSR count). The Morgan fingerprint density at radius 2 is 2.45 bits per heavy atom. The van der Waals surface area contributed by atoms with Crippen LogP contribution in [-0.4, -0.2) is 29.1 Å². The summed E-state index contributed by atoms with van der Waals surface area (Å²) in [6, 6.07) is -0.869. The van der Waals surface area contributed by atoms with Crippen molar-refractivity contribution in [1.29, 1.82) is 0 Å². The molecule has 1 heterocycles. The SMILES string of the molecule is N[C@H]1C(=O)NO[C@H]1CC(=O)O. The molecular formula is C5H8N2O4. The van der Waals surface area contributed by atoms with Crippen molar-refractivity contribution in [3.8, 4) is 0 Å². The zero-order valence-corrected chi connectivity index (χ0v) is 5.61. The fourth-order valence-corrected chi connectivity index (χ4v) is 0.785. The van der Waals surface area contributed by atoms with Crippen molar-refractivity contribution in [1.82, 2.24) is 5.48 Å². The normalized spacial score (nSPS) is 30.1. The Labute approximate surface area is 62.3 Å². The summed E-state index contributed by atoms with van der Waals surface area (Å²) < 4.78 is 0. The van der Waals surface area contributed by atoms with E-state index in [-0.39, 0.29) is 6.42 Å². The summed E-state index contributed by atoms with van der Waals surface area (Å²) in [4.78, 5) is 25.3. The minimum absolute atomic E-state index is 0.264. The van der Waals surface area contributed by atoms with Gasteiger partial charge in [-0.3, -0.25) is 14.4 Å². The molecule has 0 spiro atoms. The third-order valence-corrected chi connectivity index (χ3v) is 1.39. The number of hydrogen-bond acceptors (Lipinski definition) is 4. The summed E-state index contributed by atoms with van der Waals surface area (Å²) in [5.41, 5.74) is 7.27. The summed E-state index contributed by atoms with van der Waals surface area (Å²) in [5, 5.41) is 8.30. The first kappa shape index (κ1) is 7.96. The summed E-state index contributed by atoms with van der Waals surface area (Å²) in [6.45, 7) is 0. The zero-order chi connectivity index (χ0) is 8.43. The van der Waals surface area contributed by atoms with Crippen LogP contribution < -0.4 is 11.2 Å². The number of carbonyl (C=O) groups is 2. The molecule has 0 radical (unpaired) electrons. The van der Waals surface area contributed by atoms with Crippen LogP contribution >= 0.6 is 0 Å². The maximum Gasteiger partial charge on any atom is 0.306 e. The van der Waals surface area contributed by atoms with E-state index in [9.17, 15) is 9.59 Å². The lowest BCUT2D eigenvalue weighted by Crippen LogP contribution is -2.37. The van der Waals surface area contributed by atoms with Crippen LogP contribution in [0.2, 0.25) is 0 Å². The molecule has 6 heteroatoms. The van der Waals surface area contributed by atoms with Gasteiger partial charge in [0.15, 0.2) is 0 Å². The van der Waals surface area contributed by atoms with Crippen LogP contribution in [-0.2, 0) is 14.4 Å². The quantitative estimate of drug-likeness (QED) is 0.443. The molecule has 0 aliphatic carbocycles. The summed E-state index contributed by atoms with van der Waals surface area (Å²) in [7, 11) is 0. The van der Waals surface area contributed by atoms with Crippen LogP contribution in [0.5, 0.6) is 0 Å².